The van der Waals surface area contributed by atoms with Crippen molar-refractivity contribution < 1.29 is 4.79 Å². The van der Waals surface area contributed by atoms with E-state index >= 15 is 0 Å². The first-order chi connectivity index (χ1) is 7.66. The average molecular weight is 240 g/mol. The highest BCUT2D eigenvalue weighted by atomic mass is 32.1. The van der Waals surface area contributed by atoms with Crippen LogP contribution in [-0.2, 0) is 4.79 Å². The summed E-state index contributed by atoms with van der Waals surface area (Å²) in [6.45, 7) is 5.02. The summed E-state index contributed by atoms with van der Waals surface area (Å²) >= 11 is 1.50. The quantitative estimate of drug-likeness (QED) is 0.788. The van der Waals surface area contributed by atoms with E-state index in [-0.39, 0.29) is 5.91 Å². The van der Waals surface area contributed by atoms with Crippen molar-refractivity contribution >= 4 is 27.4 Å². The molecule has 1 saturated heterocycles. The van der Waals surface area contributed by atoms with Gasteiger partial charge in [-0.25, -0.2) is 4.98 Å². The number of thiazole rings is 1. The maximum Gasteiger partial charge on any atom is 0.219 e. The average Bonchev–Trinajstić information content (AvgIpc) is 2.54. The number of hydrogen-bond donors (Lipinski definition) is 1. The maximum absolute atomic E-state index is 11.3. The smallest absolute Gasteiger partial charge is 0.219 e. The number of amides is 1. The van der Waals surface area contributed by atoms with Crippen LogP contribution in [0, 0.1) is 0 Å². The lowest BCUT2D eigenvalue weighted by Gasteiger charge is -2.20. The molecule has 0 radical (unpaired) electrons. The van der Waals surface area contributed by atoms with Crippen LogP contribution in [0.15, 0.2) is 6.20 Å². The Morgan fingerprint density at radius 1 is 1.44 bits per heavy atom. The number of nitrogen functional groups attached to an aromatic ring is 1. The predicted octanol–water partition coefficient (Wildman–Crippen LogP) is 0.784. The fourth-order valence-electron chi connectivity index (χ4n) is 1.85. The Morgan fingerprint density at radius 2 is 2.25 bits per heavy atom. The molecule has 88 valence electrons. The van der Waals surface area contributed by atoms with E-state index in [2.05, 4.69) is 9.88 Å². The Labute approximate surface area is 98.9 Å². The summed E-state index contributed by atoms with van der Waals surface area (Å²) < 4.78 is 0. The maximum atomic E-state index is 11.3. The number of anilines is 2. The van der Waals surface area contributed by atoms with Crippen LogP contribution in [-0.4, -0.2) is 42.0 Å². The van der Waals surface area contributed by atoms with Gasteiger partial charge in [0.2, 0.25) is 5.91 Å². The van der Waals surface area contributed by atoms with Gasteiger partial charge in [-0.1, -0.05) is 11.3 Å². The van der Waals surface area contributed by atoms with Crippen molar-refractivity contribution in [3.05, 3.63) is 6.20 Å². The van der Waals surface area contributed by atoms with Crippen LogP contribution in [0.5, 0.6) is 0 Å². The zero-order valence-corrected chi connectivity index (χ0v) is 10.2. The molecule has 2 N–H and O–H groups in total. The molecule has 5 nitrogen and oxygen atoms in total. The lowest BCUT2D eigenvalue weighted by Crippen LogP contribution is -2.33. The second kappa shape index (κ2) is 4.69. The number of rotatable bonds is 1. The molecule has 2 rings (SSSR count). The molecule has 1 aliphatic rings. The highest BCUT2D eigenvalue weighted by molar-refractivity contribution is 7.19. The third-order valence-corrected chi connectivity index (χ3v) is 3.61. The number of aromatic nitrogens is 1. The summed E-state index contributed by atoms with van der Waals surface area (Å²) in [7, 11) is 0. The second-order valence-corrected chi connectivity index (χ2v) is 4.93. The minimum absolute atomic E-state index is 0.153. The number of carbonyl (C=O) groups is 1. The van der Waals surface area contributed by atoms with Crippen LogP contribution < -0.4 is 10.6 Å². The topological polar surface area (TPSA) is 62.5 Å². The molecular weight excluding hydrogens is 224 g/mol. The van der Waals surface area contributed by atoms with Crippen LogP contribution in [0.1, 0.15) is 13.3 Å². The fourth-order valence-corrected chi connectivity index (χ4v) is 2.58. The van der Waals surface area contributed by atoms with Gasteiger partial charge in [0, 0.05) is 33.1 Å². The molecule has 0 atom stereocenters. The molecule has 1 aromatic heterocycles. The molecule has 0 saturated carbocycles. The van der Waals surface area contributed by atoms with Gasteiger partial charge >= 0.3 is 0 Å². The van der Waals surface area contributed by atoms with Gasteiger partial charge in [-0.05, 0) is 6.42 Å². The van der Waals surface area contributed by atoms with Crippen molar-refractivity contribution in [1.82, 2.24) is 9.88 Å². The van der Waals surface area contributed by atoms with E-state index in [9.17, 15) is 4.79 Å². The summed E-state index contributed by atoms with van der Waals surface area (Å²) in [5, 5.41) is 1.70. The molecule has 0 unspecified atom stereocenters. The molecule has 0 bridgehead atoms. The normalized spacial score (nSPS) is 17.3. The summed E-state index contributed by atoms with van der Waals surface area (Å²) in [5.41, 5.74) is 5.66. The van der Waals surface area contributed by atoms with E-state index in [1.165, 1.54) is 11.3 Å². The molecule has 0 aliphatic carbocycles. The van der Waals surface area contributed by atoms with Crippen LogP contribution in [0.25, 0.3) is 0 Å². The summed E-state index contributed by atoms with van der Waals surface area (Å²) in [6, 6.07) is 0. The van der Waals surface area contributed by atoms with Gasteiger partial charge in [-0.15, -0.1) is 0 Å². The fraction of sp³-hybridized carbons (Fsp3) is 0.600. The first kappa shape index (κ1) is 11.2. The van der Waals surface area contributed by atoms with E-state index in [1.807, 2.05) is 4.90 Å². The van der Waals surface area contributed by atoms with Gasteiger partial charge in [-0.2, -0.15) is 0 Å². The lowest BCUT2D eigenvalue weighted by atomic mass is 10.4. The number of carbonyl (C=O) groups excluding carboxylic acids is 1. The largest absolute Gasteiger partial charge is 0.389 e. The minimum atomic E-state index is 0.153. The van der Waals surface area contributed by atoms with Crippen molar-refractivity contribution in [3.63, 3.8) is 0 Å². The Hall–Kier alpha value is -1.30. The van der Waals surface area contributed by atoms with Gasteiger partial charge in [0.1, 0.15) is 5.00 Å². The SMILES string of the molecule is CC(=O)N1CCCN(c2ncc(N)s2)CC1. The molecule has 0 spiro atoms. The molecule has 0 aromatic carbocycles. The van der Waals surface area contributed by atoms with Gasteiger partial charge in [0.15, 0.2) is 5.13 Å². The third kappa shape index (κ3) is 2.44. The van der Waals surface area contributed by atoms with Gasteiger partial charge in [0.25, 0.3) is 0 Å². The van der Waals surface area contributed by atoms with Crippen molar-refractivity contribution in [2.75, 3.05) is 36.8 Å². The van der Waals surface area contributed by atoms with Crippen molar-refractivity contribution in [1.29, 1.82) is 0 Å². The number of hydrogen-bond acceptors (Lipinski definition) is 5. The molecule has 1 aliphatic heterocycles. The molecule has 1 fully saturated rings. The monoisotopic (exact) mass is 240 g/mol. The molecule has 6 heteroatoms. The van der Waals surface area contributed by atoms with E-state index in [4.69, 9.17) is 5.73 Å². The Morgan fingerprint density at radius 3 is 2.88 bits per heavy atom. The zero-order chi connectivity index (χ0) is 11.5. The Kier molecular flexibility index (Phi) is 3.28. The second-order valence-electron chi connectivity index (χ2n) is 3.89. The molecule has 1 amide bonds. The first-order valence-corrected chi connectivity index (χ1v) is 6.20. The minimum Gasteiger partial charge on any atom is -0.389 e. The van der Waals surface area contributed by atoms with Crippen LogP contribution in [0.2, 0.25) is 0 Å². The van der Waals surface area contributed by atoms with E-state index < -0.39 is 0 Å². The summed E-state index contributed by atoms with van der Waals surface area (Å²) in [4.78, 5) is 19.6. The van der Waals surface area contributed by atoms with Crippen LogP contribution in [0.4, 0.5) is 10.1 Å². The number of nitrogens with two attached hydrogens (primary N) is 1. The highest BCUT2D eigenvalue weighted by Crippen LogP contribution is 2.24. The number of nitrogens with zero attached hydrogens (tertiary/aromatic N) is 3. The Balaban J connectivity index is 2.01. The standard InChI is InChI=1S/C10H16N4OS/c1-8(15)13-3-2-4-14(6-5-13)10-12-7-9(11)16-10/h7H,2-6,11H2,1H3. The molecule has 2 heterocycles. The van der Waals surface area contributed by atoms with Crippen LogP contribution in [0.3, 0.4) is 0 Å². The summed E-state index contributed by atoms with van der Waals surface area (Å²) in [5.74, 6) is 0.153. The molecule has 16 heavy (non-hydrogen) atoms. The zero-order valence-electron chi connectivity index (χ0n) is 9.35. The van der Waals surface area contributed by atoms with Gasteiger partial charge in [-0.3, -0.25) is 4.79 Å². The summed E-state index contributed by atoms with van der Waals surface area (Å²) in [6.07, 6.45) is 2.67. The first-order valence-electron chi connectivity index (χ1n) is 5.38. The van der Waals surface area contributed by atoms with E-state index in [1.54, 1.807) is 13.1 Å². The highest BCUT2D eigenvalue weighted by Gasteiger charge is 2.18. The van der Waals surface area contributed by atoms with E-state index in [0.29, 0.717) is 0 Å². The van der Waals surface area contributed by atoms with Crippen molar-refractivity contribution in [3.8, 4) is 0 Å². The van der Waals surface area contributed by atoms with Crippen molar-refractivity contribution in [2.24, 2.45) is 0 Å². The van der Waals surface area contributed by atoms with E-state index in [0.717, 1.165) is 42.7 Å². The van der Waals surface area contributed by atoms with Gasteiger partial charge in [0.05, 0.1) is 6.20 Å². The predicted molar refractivity (Wildman–Crippen MR) is 65.6 cm³/mol. The van der Waals surface area contributed by atoms with Crippen LogP contribution >= 0.6 is 11.3 Å². The van der Waals surface area contributed by atoms with Crippen molar-refractivity contribution in [2.45, 2.75) is 13.3 Å². The molecule has 1 aromatic rings. The Bertz CT molecular complexity index is 379. The third-order valence-electron chi connectivity index (χ3n) is 2.72. The van der Waals surface area contributed by atoms with Gasteiger partial charge < -0.3 is 15.5 Å². The molecular formula is C10H16N4OS. The lowest BCUT2D eigenvalue weighted by molar-refractivity contribution is -0.128.